The zero-order valence-corrected chi connectivity index (χ0v) is 8.25. The molecule has 0 aromatic rings. The fourth-order valence-electron chi connectivity index (χ4n) is 0.620. The van der Waals surface area contributed by atoms with Gasteiger partial charge in [0.2, 0.25) is 0 Å². The molecule has 10 nitrogen and oxygen atoms in total. The zero-order chi connectivity index (χ0) is 12.6. The summed E-state index contributed by atoms with van der Waals surface area (Å²) in [5.74, 6) is 0. The van der Waals surface area contributed by atoms with Gasteiger partial charge in [-0.2, -0.15) is 0 Å². The summed E-state index contributed by atoms with van der Waals surface area (Å²) in [5.41, 5.74) is 15.5. The number of rotatable bonds is 7. The lowest BCUT2D eigenvalue weighted by Gasteiger charge is -2.18. The van der Waals surface area contributed by atoms with Gasteiger partial charge >= 0.3 is 12.3 Å². The first-order valence-electron chi connectivity index (χ1n) is 4.15. The van der Waals surface area contributed by atoms with Crippen LogP contribution in [0, 0.1) is 0 Å². The van der Waals surface area contributed by atoms with Crippen LogP contribution < -0.4 is 22.3 Å². The van der Waals surface area contributed by atoms with Crippen LogP contribution in [-0.2, 0) is 9.47 Å². The van der Waals surface area contributed by atoms with Gasteiger partial charge in [-0.05, 0) is 0 Å². The third-order valence-electron chi connectivity index (χ3n) is 1.23. The van der Waals surface area contributed by atoms with Gasteiger partial charge in [0, 0.05) is 0 Å². The summed E-state index contributed by atoms with van der Waals surface area (Å²) in [6.07, 6.45) is -4.52. The lowest BCUT2D eigenvalue weighted by atomic mass is 10.5. The summed E-state index contributed by atoms with van der Waals surface area (Å²) < 4.78 is 8.31. The Morgan fingerprint density at radius 1 is 1.00 bits per heavy atom. The number of nitrogens with one attached hydrogen (secondary N) is 2. The lowest BCUT2D eigenvalue weighted by Crippen LogP contribution is -2.56. The molecule has 0 aliphatic rings. The van der Waals surface area contributed by atoms with Crippen LogP contribution >= 0.6 is 0 Å². The van der Waals surface area contributed by atoms with Crippen molar-refractivity contribution in [1.82, 2.24) is 10.9 Å². The molecule has 8 N–H and O–H groups in total. The third kappa shape index (κ3) is 8.96. The van der Waals surface area contributed by atoms with Crippen LogP contribution in [-0.4, -0.2) is 48.1 Å². The fourth-order valence-corrected chi connectivity index (χ4v) is 0.620. The van der Waals surface area contributed by atoms with Crippen molar-refractivity contribution in [3.05, 3.63) is 0 Å². The van der Waals surface area contributed by atoms with Crippen LogP contribution in [0.4, 0.5) is 9.59 Å². The number of hydrazine groups is 1. The number of carbonyl (C=O) groups is 2. The van der Waals surface area contributed by atoms with Gasteiger partial charge in [0.1, 0.15) is 25.5 Å². The molecule has 0 rings (SSSR count). The first-order valence-corrected chi connectivity index (χ1v) is 4.15. The van der Waals surface area contributed by atoms with Crippen LogP contribution in [0.3, 0.4) is 0 Å². The molecule has 0 amide bonds. The smallest absolute Gasteiger partial charge is 0.450 e. The molecule has 94 valence electrons. The average Bonchev–Trinajstić information content (AvgIpc) is 2.20. The summed E-state index contributed by atoms with van der Waals surface area (Å²) in [6.45, 7) is -0.566. The van der Waals surface area contributed by atoms with Gasteiger partial charge in [0.05, 0.1) is 0 Å². The highest BCUT2D eigenvalue weighted by molar-refractivity contribution is 5.57. The molecule has 0 heterocycles. The Morgan fingerprint density at radius 3 is 1.56 bits per heavy atom. The largest absolute Gasteiger partial charge is 0.505 e. The Hall–Kier alpha value is -1.62. The number of nitrogens with two attached hydrogens (primary N) is 2. The molecule has 10 heteroatoms. The van der Waals surface area contributed by atoms with Crippen molar-refractivity contribution >= 4 is 12.3 Å². The third-order valence-corrected chi connectivity index (χ3v) is 1.23. The molecule has 0 radical (unpaired) electrons. The minimum absolute atomic E-state index is 0.283. The molecule has 0 aromatic carbocycles. The summed E-state index contributed by atoms with van der Waals surface area (Å²) in [4.78, 5) is 20.0. The summed E-state index contributed by atoms with van der Waals surface area (Å²) in [5, 5.41) is 16.3. The molecule has 0 aromatic heterocycles. The topological polar surface area (TPSA) is 169 Å². The van der Waals surface area contributed by atoms with E-state index in [1.54, 1.807) is 0 Å². The molecule has 2 unspecified atom stereocenters. The van der Waals surface area contributed by atoms with E-state index in [1.165, 1.54) is 0 Å². The monoisotopic (exact) mass is 238 g/mol. The van der Waals surface area contributed by atoms with Crippen molar-refractivity contribution in [2.24, 2.45) is 11.5 Å². The number of hydrogen-bond donors (Lipinski definition) is 6. The van der Waals surface area contributed by atoms with E-state index >= 15 is 0 Å². The molecule has 2 atom stereocenters. The maximum Gasteiger partial charge on any atom is 0.505 e. The van der Waals surface area contributed by atoms with Crippen molar-refractivity contribution in [3.63, 3.8) is 0 Å². The van der Waals surface area contributed by atoms with E-state index in [4.69, 9.17) is 21.7 Å². The van der Waals surface area contributed by atoms with Gasteiger partial charge in [-0.3, -0.25) is 0 Å². The second-order valence-corrected chi connectivity index (χ2v) is 2.66. The zero-order valence-electron chi connectivity index (χ0n) is 8.25. The molecular formula is C6H14N4O6. The number of carboxylic acid groups (broad SMARTS) is 2. The Labute approximate surface area is 90.5 Å². The standard InChI is InChI=1S/C6H14N4O6/c7-3(1-15-5(11)12)9-10-4(8)2-16-6(13)14/h3-4,9-10H,1-2,7-8H2,(H,11,12)(H,13,14). The van der Waals surface area contributed by atoms with Crippen LogP contribution in [0.25, 0.3) is 0 Å². The predicted octanol–water partition coefficient (Wildman–Crippen LogP) is -1.96. The maximum absolute atomic E-state index is 9.98. The van der Waals surface area contributed by atoms with Crippen molar-refractivity contribution in [3.8, 4) is 0 Å². The molecule has 0 aliphatic heterocycles. The van der Waals surface area contributed by atoms with E-state index in [0.717, 1.165) is 0 Å². The number of hydrogen-bond acceptors (Lipinski definition) is 8. The van der Waals surface area contributed by atoms with E-state index in [9.17, 15) is 9.59 Å². The van der Waals surface area contributed by atoms with E-state index in [2.05, 4.69) is 20.3 Å². The van der Waals surface area contributed by atoms with Crippen LogP contribution in [0.5, 0.6) is 0 Å². The molecule has 0 bridgehead atoms. The molecule has 0 aliphatic carbocycles. The maximum atomic E-state index is 9.98. The van der Waals surface area contributed by atoms with Gasteiger partial charge in [0.25, 0.3) is 0 Å². The fraction of sp³-hybridized carbons (Fsp3) is 0.667. The Balaban J connectivity index is 3.54. The van der Waals surface area contributed by atoms with E-state index < -0.39 is 24.6 Å². The Bertz CT molecular complexity index is 213. The average molecular weight is 238 g/mol. The van der Waals surface area contributed by atoms with Gasteiger partial charge in [-0.1, -0.05) is 0 Å². The molecule has 0 fully saturated rings. The Kier molecular flexibility index (Phi) is 6.87. The Morgan fingerprint density at radius 2 is 1.31 bits per heavy atom. The summed E-state index contributed by atoms with van der Waals surface area (Å²) in [7, 11) is 0. The van der Waals surface area contributed by atoms with Gasteiger partial charge < -0.3 is 31.2 Å². The summed E-state index contributed by atoms with van der Waals surface area (Å²) >= 11 is 0. The highest BCUT2D eigenvalue weighted by atomic mass is 16.7. The second-order valence-electron chi connectivity index (χ2n) is 2.66. The first kappa shape index (κ1) is 14.4. The minimum Gasteiger partial charge on any atom is -0.450 e. The van der Waals surface area contributed by atoms with Crippen molar-refractivity contribution < 1.29 is 29.3 Å². The van der Waals surface area contributed by atoms with Crippen LogP contribution in [0.2, 0.25) is 0 Å². The predicted molar refractivity (Wildman–Crippen MR) is 50.2 cm³/mol. The van der Waals surface area contributed by atoms with Crippen molar-refractivity contribution in [2.75, 3.05) is 13.2 Å². The SMILES string of the molecule is NC(COC(=O)O)NNC(N)COC(=O)O. The van der Waals surface area contributed by atoms with Gasteiger partial charge in [-0.25, -0.2) is 20.4 Å². The van der Waals surface area contributed by atoms with Crippen LogP contribution in [0.15, 0.2) is 0 Å². The molecule has 0 spiro atoms. The molecule has 16 heavy (non-hydrogen) atoms. The normalized spacial score (nSPS) is 13.9. The number of ether oxygens (including phenoxy) is 2. The first-order chi connectivity index (χ1) is 7.41. The summed E-state index contributed by atoms with van der Waals surface area (Å²) in [6, 6.07) is 0. The van der Waals surface area contributed by atoms with Crippen LogP contribution in [0.1, 0.15) is 0 Å². The lowest BCUT2D eigenvalue weighted by molar-refractivity contribution is 0.0711. The molecular weight excluding hydrogens is 224 g/mol. The minimum atomic E-state index is -1.45. The van der Waals surface area contributed by atoms with Gasteiger partial charge in [0.15, 0.2) is 0 Å². The second kappa shape index (κ2) is 7.64. The molecule has 0 saturated heterocycles. The quantitative estimate of drug-likeness (QED) is 0.166. The van der Waals surface area contributed by atoms with E-state index in [0.29, 0.717) is 0 Å². The van der Waals surface area contributed by atoms with Crippen molar-refractivity contribution in [2.45, 2.75) is 12.3 Å². The highest BCUT2D eigenvalue weighted by Gasteiger charge is 2.09. The highest BCUT2D eigenvalue weighted by Crippen LogP contribution is 1.80. The van der Waals surface area contributed by atoms with E-state index in [1.807, 2.05) is 0 Å². The van der Waals surface area contributed by atoms with Gasteiger partial charge in [-0.15, -0.1) is 0 Å². The molecule has 0 saturated carbocycles. The van der Waals surface area contributed by atoms with E-state index in [-0.39, 0.29) is 13.2 Å². The van der Waals surface area contributed by atoms with Crippen molar-refractivity contribution in [1.29, 1.82) is 0 Å².